The highest BCUT2D eigenvalue weighted by Gasteiger charge is 2.19. The fourth-order valence-corrected chi connectivity index (χ4v) is 3.12. The fraction of sp³-hybridized carbons (Fsp3) is 0.312. The number of hydrazine groups is 1. The van der Waals surface area contributed by atoms with Crippen LogP contribution in [0.5, 0.6) is 0 Å². The molecule has 0 spiro atoms. The molecule has 19 heavy (non-hydrogen) atoms. The maximum atomic E-state index is 4.50. The second-order valence-electron chi connectivity index (χ2n) is 5.33. The molecule has 0 aliphatic carbocycles. The highest BCUT2D eigenvalue weighted by molar-refractivity contribution is 5.89. The second-order valence-corrected chi connectivity index (χ2v) is 5.33. The number of aliphatic imine (C=N–C) groups is 1. The highest BCUT2D eigenvalue weighted by atomic mass is 15.5. The van der Waals surface area contributed by atoms with Gasteiger partial charge in [0.15, 0.2) is 0 Å². The summed E-state index contributed by atoms with van der Waals surface area (Å²) in [5, 5.41) is 5.07. The van der Waals surface area contributed by atoms with Gasteiger partial charge in [-0.05, 0) is 28.3 Å². The standard InChI is InChI=1S/C16H17N3/c1-4-12-5-2-7-14-11-19(10-13(6-1)16(12)14)18-15-8-3-9-17-15/h1-2,4-7H,3,8-11H2,(H,17,18). The van der Waals surface area contributed by atoms with E-state index in [1.165, 1.54) is 28.3 Å². The van der Waals surface area contributed by atoms with Crippen LogP contribution in [0.25, 0.3) is 10.8 Å². The molecule has 0 bridgehead atoms. The molecule has 0 atom stereocenters. The molecule has 0 aromatic heterocycles. The Morgan fingerprint density at radius 2 is 1.74 bits per heavy atom. The van der Waals surface area contributed by atoms with Gasteiger partial charge in [0.25, 0.3) is 0 Å². The largest absolute Gasteiger partial charge is 0.306 e. The highest BCUT2D eigenvalue weighted by Crippen LogP contribution is 2.29. The van der Waals surface area contributed by atoms with Crippen molar-refractivity contribution < 1.29 is 0 Å². The molecule has 3 heteroatoms. The number of hydrogen-bond donors (Lipinski definition) is 1. The number of nitrogens with one attached hydrogen (secondary N) is 1. The Hall–Kier alpha value is -1.87. The monoisotopic (exact) mass is 251 g/mol. The van der Waals surface area contributed by atoms with Crippen LogP contribution in [0.4, 0.5) is 0 Å². The third kappa shape index (κ3) is 1.90. The molecule has 3 nitrogen and oxygen atoms in total. The molecule has 2 heterocycles. The van der Waals surface area contributed by atoms with Crippen molar-refractivity contribution in [2.24, 2.45) is 4.99 Å². The van der Waals surface area contributed by atoms with E-state index >= 15 is 0 Å². The van der Waals surface area contributed by atoms with E-state index in [0.29, 0.717) is 0 Å². The van der Waals surface area contributed by atoms with Gasteiger partial charge in [0.2, 0.25) is 0 Å². The van der Waals surface area contributed by atoms with E-state index in [-0.39, 0.29) is 0 Å². The fourth-order valence-electron chi connectivity index (χ4n) is 3.12. The lowest BCUT2D eigenvalue weighted by Crippen LogP contribution is -2.42. The van der Waals surface area contributed by atoms with Gasteiger partial charge in [-0.3, -0.25) is 4.99 Å². The van der Waals surface area contributed by atoms with Crippen molar-refractivity contribution in [1.82, 2.24) is 10.4 Å². The lowest BCUT2D eigenvalue weighted by Gasteiger charge is -2.30. The van der Waals surface area contributed by atoms with E-state index in [1.807, 2.05) is 0 Å². The topological polar surface area (TPSA) is 27.6 Å². The first-order valence-corrected chi connectivity index (χ1v) is 6.94. The predicted molar refractivity (Wildman–Crippen MR) is 77.9 cm³/mol. The minimum Gasteiger partial charge on any atom is -0.306 e. The number of rotatable bonds is 1. The average Bonchev–Trinajstić information content (AvgIpc) is 2.92. The summed E-state index contributed by atoms with van der Waals surface area (Å²) in [4.78, 5) is 4.50. The van der Waals surface area contributed by atoms with Gasteiger partial charge in [-0.1, -0.05) is 36.4 Å². The minimum absolute atomic E-state index is 0.952. The van der Waals surface area contributed by atoms with Gasteiger partial charge in [0, 0.05) is 26.1 Å². The van der Waals surface area contributed by atoms with Crippen molar-refractivity contribution in [2.45, 2.75) is 25.9 Å². The Bertz CT molecular complexity index is 619. The van der Waals surface area contributed by atoms with Gasteiger partial charge in [0.05, 0.1) is 0 Å². The summed E-state index contributed by atoms with van der Waals surface area (Å²) in [6.07, 6.45) is 2.27. The van der Waals surface area contributed by atoms with Crippen LogP contribution in [0.2, 0.25) is 0 Å². The van der Waals surface area contributed by atoms with Crippen molar-refractivity contribution in [2.75, 3.05) is 6.54 Å². The van der Waals surface area contributed by atoms with E-state index in [2.05, 4.69) is 51.8 Å². The normalized spacial score (nSPS) is 18.6. The molecule has 2 aliphatic rings. The van der Waals surface area contributed by atoms with Crippen LogP contribution in [0.3, 0.4) is 0 Å². The van der Waals surface area contributed by atoms with Crippen LogP contribution in [0, 0.1) is 0 Å². The summed E-state index contributed by atoms with van der Waals surface area (Å²) in [5.41, 5.74) is 6.30. The Balaban J connectivity index is 1.68. The van der Waals surface area contributed by atoms with E-state index in [9.17, 15) is 0 Å². The molecule has 0 saturated heterocycles. The summed E-state index contributed by atoms with van der Waals surface area (Å²) < 4.78 is 0. The number of amidine groups is 1. The van der Waals surface area contributed by atoms with Crippen LogP contribution in [-0.4, -0.2) is 17.4 Å². The van der Waals surface area contributed by atoms with Gasteiger partial charge in [-0.25, -0.2) is 5.01 Å². The zero-order valence-corrected chi connectivity index (χ0v) is 10.9. The van der Waals surface area contributed by atoms with E-state index in [4.69, 9.17) is 0 Å². The minimum atomic E-state index is 0.952. The summed E-state index contributed by atoms with van der Waals surface area (Å²) in [6, 6.07) is 13.2. The van der Waals surface area contributed by atoms with Gasteiger partial charge in [0.1, 0.15) is 5.84 Å². The first-order chi connectivity index (χ1) is 9.40. The molecule has 0 radical (unpaired) electrons. The summed E-state index contributed by atoms with van der Waals surface area (Å²) >= 11 is 0. The predicted octanol–water partition coefficient (Wildman–Crippen LogP) is 2.85. The molecule has 1 N–H and O–H groups in total. The summed E-state index contributed by atoms with van der Waals surface area (Å²) in [7, 11) is 0. The summed E-state index contributed by atoms with van der Waals surface area (Å²) in [6.45, 7) is 2.88. The molecule has 2 aliphatic heterocycles. The maximum absolute atomic E-state index is 4.50. The average molecular weight is 251 g/mol. The molecule has 0 amide bonds. The molecule has 0 unspecified atom stereocenters. The Morgan fingerprint density at radius 1 is 1.00 bits per heavy atom. The first-order valence-electron chi connectivity index (χ1n) is 6.94. The van der Waals surface area contributed by atoms with E-state index in [1.54, 1.807) is 0 Å². The maximum Gasteiger partial charge on any atom is 0.111 e. The van der Waals surface area contributed by atoms with Crippen molar-refractivity contribution in [3.05, 3.63) is 47.5 Å². The first kappa shape index (κ1) is 11.0. The Morgan fingerprint density at radius 3 is 2.37 bits per heavy atom. The molecule has 2 aromatic rings. The molecular weight excluding hydrogens is 234 g/mol. The van der Waals surface area contributed by atoms with Gasteiger partial charge in [-0.2, -0.15) is 0 Å². The molecule has 4 rings (SSSR count). The van der Waals surface area contributed by atoms with E-state index in [0.717, 1.165) is 31.9 Å². The third-order valence-electron chi connectivity index (χ3n) is 3.96. The molecule has 0 saturated carbocycles. The Labute approximate surface area is 112 Å². The van der Waals surface area contributed by atoms with Crippen molar-refractivity contribution in [1.29, 1.82) is 0 Å². The van der Waals surface area contributed by atoms with Crippen LogP contribution >= 0.6 is 0 Å². The van der Waals surface area contributed by atoms with Crippen LogP contribution in [0.15, 0.2) is 41.4 Å². The lowest BCUT2D eigenvalue weighted by atomic mass is 9.96. The zero-order chi connectivity index (χ0) is 12.7. The van der Waals surface area contributed by atoms with E-state index < -0.39 is 0 Å². The van der Waals surface area contributed by atoms with Crippen LogP contribution in [0.1, 0.15) is 24.0 Å². The lowest BCUT2D eigenvalue weighted by molar-refractivity contribution is 0.211. The second kappa shape index (κ2) is 4.35. The van der Waals surface area contributed by atoms with Gasteiger partial charge < -0.3 is 5.43 Å². The van der Waals surface area contributed by atoms with Crippen LogP contribution < -0.4 is 5.43 Å². The molecule has 96 valence electrons. The molecule has 0 fully saturated rings. The van der Waals surface area contributed by atoms with Crippen molar-refractivity contribution in [3.8, 4) is 0 Å². The third-order valence-corrected chi connectivity index (χ3v) is 3.96. The summed E-state index contributed by atoms with van der Waals surface area (Å²) in [5.74, 6) is 1.14. The smallest absolute Gasteiger partial charge is 0.111 e. The number of hydrogen-bond acceptors (Lipinski definition) is 3. The molecule has 2 aromatic carbocycles. The van der Waals surface area contributed by atoms with Gasteiger partial charge in [-0.15, -0.1) is 0 Å². The SMILES string of the molecule is c1cc2c3c(cccc3c1)CN(NC1=NCCC1)C2. The Kier molecular flexibility index (Phi) is 2.52. The van der Waals surface area contributed by atoms with Gasteiger partial charge >= 0.3 is 0 Å². The molecular formula is C16H17N3. The number of benzene rings is 2. The van der Waals surface area contributed by atoms with Crippen molar-refractivity contribution >= 4 is 16.6 Å². The quantitative estimate of drug-likeness (QED) is 0.844. The number of nitrogens with zero attached hydrogens (tertiary/aromatic N) is 2. The zero-order valence-electron chi connectivity index (χ0n) is 10.9. The van der Waals surface area contributed by atoms with Crippen molar-refractivity contribution in [3.63, 3.8) is 0 Å². The van der Waals surface area contributed by atoms with Crippen LogP contribution in [-0.2, 0) is 13.1 Å².